The maximum Gasteiger partial charge on any atom is 0.0880 e. The lowest BCUT2D eigenvalue weighted by Gasteiger charge is -2.22. The molecular formula is C32H31NS2. The van der Waals surface area contributed by atoms with Crippen LogP contribution in [-0.4, -0.2) is 4.98 Å². The molecule has 0 saturated heterocycles. The van der Waals surface area contributed by atoms with E-state index in [0.717, 1.165) is 12.1 Å². The lowest BCUT2D eigenvalue weighted by Crippen LogP contribution is -2.12. The van der Waals surface area contributed by atoms with Gasteiger partial charge in [-0.15, -0.1) is 22.7 Å². The summed E-state index contributed by atoms with van der Waals surface area (Å²) in [4.78, 5) is 6.43. The van der Waals surface area contributed by atoms with E-state index >= 15 is 0 Å². The molecule has 6 aromatic rings. The van der Waals surface area contributed by atoms with Gasteiger partial charge in [0.1, 0.15) is 0 Å². The van der Waals surface area contributed by atoms with E-state index in [4.69, 9.17) is 4.98 Å². The summed E-state index contributed by atoms with van der Waals surface area (Å²) in [5, 5.41) is 6.85. The summed E-state index contributed by atoms with van der Waals surface area (Å²) in [5.74, 6) is 0.636. The van der Waals surface area contributed by atoms with Gasteiger partial charge < -0.3 is 0 Å². The third-order valence-corrected chi connectivity index (χ3v) is 9.35. The van der Waals surface area contributed by atoms with Crippen molar-refractivity contribution in [2.24, 2.45) is 5.92 Å². The van der Waals surface area contributed by atoms with Crippen molar-refractivity contribution in [2.75, 3.05) is 0 Å². The SMILES string of the molecule is Cc1sc2ccc3sc4c(-c5cc(C(C)(C)C)c6ccccc6c5)nccc4c3c2c1CC(C)C. The summed E-state index contributed by atoms with van der Waals surface area (Å²) in [6, 6.07) is 20.3. The van der Waals surface area contributed by atoms with Crippen LogP contribution >= 0.6 is 22.7 Å². The molecule has 0 saturated carbocycles. The lowest BCUT2D eigenvalue weighted by molar-refractivity contribution is 0.596. The highest BCUT2D eigenvalue weighted by molar-refractivity contribution is 7.27. The third-order valence-electron chi connectivity index (χ3n) is 7.06. The molecule has 0 fully saturated rings. The second-order valence-corrected chi connectivity index (χ2v) is 13.5. The Bertz CT molecular complexity index is 1740. The number of hydrogen-bond acceptors (Lipinski definition) is 3. The van der Waals surface area contributed by atoms with Gasteiger partial charge in [-0.2, -0.15) is 0 Å². The van der Waals surface area contributed by atoms with Gasteiger partial charge in [-0.1, -0.05) is 58.9 Å². The average molecular weight is 494 g/mol. The van der Waals surface area contributed by atoms with E-state index in [-0.39, 0.29) is 5.41 Å². The summed E-state index contributed by atoms with van der Waals surface area (Å²) in [7, 11) is 0. The van der Waals surface area contributed by atoms with Crippen molar-refractivity contribution in [3.05, 3.63) is 76.8 Å². The number of aromatic nitrogens is 1. The molecule has 3 heteroatoms. The van der Waals surface area contributed by atoms with Crippen molar-refractivity contribution in [2.45, 2.75) is 53.4 Å². The number of fused-ring (bicyclic) bond motifs is 6. The molecule has 0 aliphatic rings. The number of rotatable bonds is 3. The topological polar surface area (TPSA) is 12.9 Å². The molecule has 0 unspecified atom stereocenters. The zero-order valence-electron chi connectivity index (χ0n) is 21.3. The fourth-order valence-electron chi connectivity index (χ4n) is 5.49. The van der Waals surface area contributed by atoms with Crippen molar-refractivity contribution in [1.29, 1.82) is 0 Å². The van der Waals surface area contributed by atoms with E-state index in [9.17, 15) is 0 Å². The molecule has 0 atom stereocenters. The van der Waals surface area contributed by atoms with Gasteiger partial charge in [0.05, 0.1) is 10.4 Å². The van der Waals surface area contributed by atoms with Crippen molar-refractivity contribution in [3.63, 3.8) is 0 Å². The molecule has 0 N–H and O–H groups in total. The van der Waals surface area contributed by atoms with Crippen LogP contribution in [-0.2, 0) is 11.8 Å². The highest BCUT2D eigenvalue weighted by Crippen LogP contribution is 2.46. The number of hydrogen-bond donors (Lipinski definition) is 0. The van der Waals surface area contributed by atoms with E-state index in [2.05, 4.69) is 96.1 Å². The number of aryl methyl sites for hydroxylation is 1. The Kier molecular flexibility index (Phi) is 5.28. The molecule has 0 aliphatic carbocycles. The van der Waals surface area contributed by atoms with E-state index in [1.807, 2.05) is 28.9 Å². The molecule has 3 aromatic carbocycles. The van der Waals surface area contributed by atoms with Crippen molar-refractivity contribution < 1.29 is 0 Å². The molecular weight excluding hydrogens is 462 g/mol. The van der Waals surface area contributed by atoms with Crippen LogP contribution in [0.2, 0.25) is 0 Å². The standard InChI is InChI=1S/C32H31NS2/c1-18(2)15-24-19(3)34-26-11-12-27-28(29(24)26)23-13-14-33-30(31(23)35-27)21-16-20-9-7-8-10-22(20)25(17-21)32(4,5)6/h7-14,16-18H,15H2,1-6H3. The first kappa shape index (κ1) is 22.7. The Morgan fingerprint density at radius 2 is 1.60 bits per heavy atom. The smallest absolute Gasteiger partial charge is 0.0880 e. The minimum Gasteiger partial charge on any atom is -0.255 e. The van der Waals surface area contributed by atoms with Gasteiger partial charge in [-0.25, -0.2) is 0 Å². The summed E-state index contributed by atoms with van der Waals surface area (Å²) in [6.07, 6.45) is 3.13. The van der Waals surface area contributed by atoms with Crippen molar-refractivity contribution in [3.8, 4) is 11.3 Å². The van der Waals surface area contributed by atoms with Gasteiger partial charge in [-0.3, -0.25) is 4.98 Å². The minimum absolute atomic E-state index is 0.0514. The molecule has 0 spiro atoms. The normalized spacial score (nSPS) is 12.7. The zero-order valence-corrected chi connectivity index (χ0v) is 23.0. The molecule has 3 heterocycles. The van der Waals surface area contributed by atoms with Crippen LogP contribution in [0.1, 0.15) is 50.6 Å². The van der Waals surface area contributed by atoms with Gasteiger partial charge >= 0.3 is 0 Å². The summed E-state index contributed by atoms with van der Waals surface area (Å²) < 4.78 is 4.07. The van der Waals surface area contributed by atoms with E-state index < -0.39 is 0 Å². The molecule has 1 nitrogen and oxygen atoms in total. The largest absolute Gasteiger partial charge is 0.255 e. The van der Waals surface area contributed by atoms with Crippen LogP contribution in [0.4, 0.5) is 0 Å². The Morgan fingerprint density at radius 1 is 0.857 bits per heavy atom. The quantitative estimate of drug-likeness (QED) is 0.239. The monoisotopic (exact) mass is 493 g/mol. The molecule has 3 aromatic heterocycles. The van der Waals surface area contributed by atoms with Crippen LogP contribution in [0, 0.1) is 12.8 Å². The Morgan fingerprint density at radius 3 is 2.34 bits per heavy atom. The van der Waals surface area contributed by atoms with Gasteiger partial charge in [0, 0.05) is 42.2 Å². The molecule has 6 rings (SSSR count). The van der Waals surface area contributed by atoms with E-state index in [0.29, 0.717) is 5.92 Å². The third kappa shape index (κ3) is 3.68. The summed E-state index contributed by atoms with van der Waals surface area (Å²) >= 11 is 3.84. The average Bonchev–Trinajstić information content (AvgIpc) is 3.34. The van der Waals surface area contributed by atoms with Crippen LogP contribution in [0.3, 0.4) is 0 Å². The second-order valence-electron chi connectivity index (χ2n) is 11.2. The van der Waals surface area contributed by atoms with Gasteiger partial charge in [0.15, 0.2) is 0 Å². The maximum atomic E-state index is 4.97. The van der Waals surface area contributed by atoms with Crippen LogP contribution in [0.25, 0.3) is 52.3 Å². The first-order valence-corrected chi connectivity index (χ1v) is 14.1. The maximum absolute atomic E-state index is 4.97. The van der Waals surface area contributed by atoms with Crippen molar-refractivity contribution in [1.82, 2.24) is 4.98 Å². The fourth-order valence-corrected chi connectivity index (χ4v) is 7.81. The number of nitrogens with zero attached hydrogens (tertiary/aromatic N) is 1. The Labute approximate surface area is 215 Å². The van der Waals surface area contributed by atoms with E-state index in [1.165, 1.54) is 62.6 Å². The van der Waals surface area contributed by atoms with Crippen LogP contribution < -0.4 is 0 Å². The number of pyridine rings is 1. The Balaban J connectivity index is 1.68. The molecule has 0 radical (unpaired) electrons. The van der Waals surface area contributed by atoms with Gasteiger partial charge in [0.2, 0.25) is 0 Å². The zero-order chi connectivity index (χ0) is 24.5. The highest BCUT2D eigenvalue weighted by atomic mass is 32.1. The summed E-state index contributed by atoms with van der Waals surface area (Å²) in [6.45, 7) is 13.8. The molecule has 35 heavy (non-hydrogen) atoms. The predicted molar refractivity (Wildman–Crippen MR) is 157 cm³/mol. The van der Waals surface area contributed by atoms with Gasteiger partial charge in [-0.05, 0) is 76.9 Å². The molecule has 0 bridgehead atoms. The molecule has 176 valence electrons. The molecule has 0 amide bonds. The number of benzene rings is 3. The Hall–Kier alpha value is -2.75. The predicted octanol–water partition coefficient (Wildman–Crippen LogP) is 10.3. The fraction of sp³-hybridized carbons (Fsp3) is 0.281. The van der Waals surface area contributed by atoms with E-state index in [1.54, 1.807) is 0 Å². The number of thiophene rings is 2. The van der Waals surface area contributed by atoms with Gasteiger partial charge in [0.25, 0.3) is 0 Å². The first-order valence-electron chi connectivity index (χ1n) is 12.5. The highest BCUT2D eigenvalue weighted by Gasteiger charge is 2.21. The first-order chi connectivity index (χ1) is 16.7. The molecule has 0 aliphatic heterocycles. The van der Waals surface area contributed by atoms with Crippen molar-refractivity contribution >= 4 is 63.7 Å². The summed E-state index contributed by atoms with van der Waals surface area (Å²) in [5.41, 5.74) is 5.27. The van der Waals surface area contributed by atoms with Crippen LogP contribution in [0.5, 0.6) is 0 Å². The second kappa shape index (κ2) is 8.15. The lowest BCUT2D eigenvalue weighted by atomic mass is 9.82. The minimum atomic E-state index is 0.0514. The van der Waals surface area contributed by atoms with Crippen LogP contribution in [0.15, 0.2) is 60.8 Å².